The predicted molar refractivity (Wildman–Crippen MR) is 81.4 cm³/mol. The molecule has 2 heterocycles. The molecule has 118 valence electrons. The fourth-order valence-electron chi connectivity index (χ4n) is 1.50. The molecule has 0 aromatic carbocycles. The Labute approximate surface area is 131 Å². The van der Waals surface area contributed by atoms with Crippen LogP contribution in [0.15, 0.2) is 34.8 Å². The number of hydrogen-bond donors (Lipinski definition) is 2. The Hall–Kier alpha value is -2.04. The van der Waals surface area contributed by atoms with Crippen molar-refractivity contribution in [3.8, 4) is 0 Å². The third kappa shape index (κ3) is 4.23. The number of esters is 1. The summed E-state index contributed by atoms with van der Waals surface area (Å²) in [6, 6.07) is 2.97. The van der Waals surface area contributed by atoms with Crippen LogP contribution in [0.2, 0.25) is 0 Å². The summed E-state index contributed by atoms with van der Waals surface area (Å²) in [4.78, 5) is 19.5. The molecule has 2 rings (SSSR count). The molecule has 0 saturated heterocycles. The second kappa shape index (κ2) is 7.29. The topological polar surface area (TPSA) is 110 Å². The van der Waals surface area contributed by atoms with Gasteiger partial charge in [-0.05, 0) is 12.1 Å². The number of aromatic nitrogens is 2. The van der Waals surface area contributed by atoms with Crippen LogP contribution in [0.1, 0.15) is 9.67 Å². The van der Waals surface area contributed by atoms with Gasteiger partial charge in [-0.2, -0.15) is 0 Å². The van der Waals surface area contributed by atoms with Crippen molar-refractivity contribution in [2.45, 2.75) is 4.90 Å². The third-order valence-corrected chi connectivity index (χ3v) is 5.04. The standard InChI is InChI=1S/C12H14N4O4S2/c1-20-11(17)10-7-9(8-21-10)22(18,19)16-6-5-15-12-13-3-2-4-14-12/h2-4,7-8,16H,5-6H2,1H3,(H,13,14,15). The number of methoxy groups -OCH3 is 1. The van der Waals surface area contributed by atoms with E-state index in [-0.39, 0.29) is 16.3 Å². The Kier molecular flexibility index (Phi) is 5.41. The average Bonchev–Trinajstić information content (AvgIpc) is 3.03. The second-order valence-electron chi connectivity index (χ2n) is 4.04. The van der Waals surface area contributed by atoms with E-state index in [4.69, 9.17) is 0 Å². The van der Waals surface area contributed by atoms with Crippen molar-refractivity contribution in [1.29, 1.82) is 0 Å². The fourth-order valence-corrected chi connectivity index (χ4v) is 3.72. The molecule has 0 amide bonds. The summed E-state index contributed by atoms with van der Waals surface area (Å²) in [6.07, 6.45) is 3.17. The summed E-state index contributed by atoms with van der Waals surface area (Å²) in [5.74, 6) is -0.139. The molecule has 22 heavy (non-hydrogen) atoms. The van der Waals surface area contributed by atoms with E-state index in [1.54, 1.807) is 18.5 Å². The van der Waals surface area contributed by atoms with Crippen molar-refractivity contribution < 1.29 is 17.9 Å². The molecule has 8 nitrogen and oxygen atoms in total. The highest BCUT2D eigenvalue weighted by molar-refractivity contribution is 7.89. The molecule has 0 aliphatic rings. The maximum absolute atomic E-state index is 12.1. The minimum atomic E-state index is -3.66. The molecular weight excluding hydrogens is 328 g/mol. The SMILES string of the molecule is COC(=O)c1cc(S(=O)(=O)NCCNc2ncccn2)cs1. The van der Waals surface area contributed by atoms with Crippen LogP contribution >= 0.6 is 11.3 Å². The van der Waals surface area contributed by atoms with Crippen LogP contribution in [0, 0.1) is 0 Å². The van der Waals surface area contributed by atoms with Gasteiger partial charge in [0.25, 0.3) is 0 Å². The van der Waals surface area contributed by atoms with Gasteiger partial charge in [-0.1, -0.05) is 0 Å². The lowest BCUT2D eigenvalue weighted by molar-refractivity contribution is 0.0606. The first-order valence-electron chi connectivity index (χ1n) is 6.20. The number of nitrogens with zero attached hydrogens (tertiary/aromatic N) is 2. The smallest absolute Gasteiger partial charge is 0.348 e. The molecule has 2 N–H and O–H groups in total. The van der Waals surface area contributed by atoms with Crippen molar-refractivity contribution in [3.63, 3.8) is 0 Å². The number of rotatable bonds is 7. The van der Waals surface area contributed by atoms with Gasteiger partial charge in [0.05, 0.1) is 12.0 Å². The summed E-state index contributed by atoms with van der Waals surface area (Å²) in [6.45, 7) is 0.487. The molecule has 0 atom stereocenters. The molecule has 0 aliphatic heterocycles. The van der Waals surface area contributed by atoms with Crippen LogP contribution in [0.4, 0.5) is 5.95 Å². The van der Waals surface area contributed by atoms with Gasteiger partial charge in [0, 0.05) is 30.9 Å². The van der Waals surface area contributed by atoms with E-state index in [9.17, 15) is 13.2 Å². The monoisotopic (exact) mass is 342 g/mol. The second-order valence-corrected chi connectivity index (χ2v) is 6.71. The lowest BCUT2D eigenvalue weighted by atomic mass is 10.5. The first kappa shape index (κ1) is 16.3. The predicted octanol–water partition coefficient (Wildman–Crippen LogP) is 0.715. The van der Waals surface area contributed by atoms with Gasteiger partial charge in [0.1, 0.15) is 4.88 Å². The average molecular weight is 342 g/mol. The molecule has 2 aromatic heterocycles. The molecule has 0 unspecified atom stereocenters. The Morgan fingerprint density at radius 3 is 2.73 bits per heavy atom. The maximum atomic E-state index is 12.1. The zero-order chi connectivity index (χ0) is 16.0. The van der Waals surface area contributed by atoms with Crippen LogP contribution in [0.5, 0.6) is 0 Å². The number of carbonyl (C=O) groups excluding carboxylic acids is 1. The third-order valence-electron chi connectivity index (χ3n) is 2.54. The summed E-state index contributed by atoms with van der Waals surface area (Å²) in [7, 11) is -2.42. The lowest BCUT2D eigenvalue weighted by Crippen LogP contribution is -2.29. The number of thiophene rings is 1. The van der Waals surface area contributed by atoms with Crippen molar-refractivity contribution in [3.05, 3.63) is 34.8 Å². The van der Waals surface area contributed by atoms with Crippen LogP contribution in [0.3, 0.4) is 0 Å². The van der Waals surface area contributed by atoms with Gasteiger partial charge >= 0.3 is 5.97 Å². The van der Waals surface area contributed by atoms with E-state index in [0.29, 0.717) is 12.5 Å². The van der Waals surface area contributed by atoms with Gasteiger partial charge in [-0.15, -0.1) is 11.3 Å². The van der Waals surface area contributed by atoms with Gasteiger partial charge in [0.2, 0.25) is 16.0 Å². The van der Waals surface area contributed by atoms with Crippen LogP contribution in [-0.4, -0.2) is 44.6 Å². The first-order chi connectivity index (χ1) is 10.5. The molecule has 0 aliphatic carbocycles. The molecule has 2 aromatic rings. The molecule has 0 saturated carbocycles. The first-order valence-corrected chi connectivity index (χ1v) is 8.56. The van der Waals surface area contributed by atoms with Gasteiger partial charge in [0.15, 0.2) is 0 Å². The Morgan fingerprint density at radius 2 is 2.05 bits per heavy atom. The number of ether oxygens (including phenoxy) is 1. The summed E-state index contributed by atoms with van der Waals surface area (Å²) in [5, 5.41) is 4.27. The molecule has 0 spiro atoms. The molecular formula is C12H14N4O4S2. The maximum Gasteiger partial charge on any atom is 0.348 e. The molecule has 0 radical (unpaired) electrons. The summed E-state index contributed by atoms with van der Waals surface area (Å²) in [5.41, 5.74) is 0. The normalized spacial score (nSPS) is 11.1. The van der Waals surface area contributed by atoms with Crippen LogP contribution in [-0.2, 0) is 14.8 Å². The Morgan fingerprint density at radius 1 is 1.32 bits per heavy atom. The highest BCUT2D eigenvalue weighted by Gasteiger charge is 2.18. The Bertz CT molecular complexity index is 731. The molecule has 10 heteroatoms. The van der Waals surface area contributed by atoms with E-state index in [1.807, 2.05) is 0 Å². The largest absolute Gasteiger partial charge is 0.465 e. The number of anilines is 1. The minimum absolute atomic E-state index is 0.0360. The highest BCUT2D eigenvalue weighted by atomic mass is 32.2. The van der Waals surface area contributed by atoms with E-state index < -0.39 is 16.0 Å². The molecule has 0 bridgehead atoms. The Balaban J connectivity index is 1.88. The highest BCUT2D eigenvalue weighted by Crippen LogP contribution is 2.19. The van der Waals surface area contributed by atoms with E-state index in [2.05, 4.69) is 24.7 Å². The van der Waals surface area contributed by atoms with Gasteiger partial charge < -0.3 is 10.1 Å². The van der Waals surface area contributed by atoms with Crippen molar-refractivity contribution >= 4 is 33.3 Å². The number of sulfonamides is 1. The zero-order valence-corrected chi connectivity index (χ0v) is 13.3. The van der Waals surface area contributed by atoms with Crippen LogP contribution < -0.4 is 10.0 Å². The minimum Gasteiger partial charge on any atom is -0.465 e. The van der Waals surface area contributed by atoms with E-state index in [0.717, 1.165) is 11.3 Å². The quantitative estimate of drug-likeness (QED) is 0.563. The lowest BCUT2D eigenvalue weighted by Gasteiger charge is -2.06. The van der Waals surface area contributed by atoms with Crippen molar-refractivity contribution in [1.82, 2.24) is 14.7 Å². The van der Waals surface area contributed by atoms with Crippen molar-refractivity contribution in [2.24, 2.45) is 0 Å². The van der Waals surface area contributed by atoms with E-state index >= 15 is 0 Å². The number of nitrogens with one attached hydrogen (secondary N) is 2. The van der Waals surface area contributed by atoms with Crippen molar-refractivity contribution in [2.75, 3.05) is 25.5 Å². The molecule has 0 fully saturated rings. The zero-order valence-electron chi connectivity index (χ0n) is 11.6. The van der Waals surface area contributed by atoms with Gasteiger partial charge in [-0.3, -0.25) is 0 Å². The van der Waals surface area contributed by atoms with E-state index in [1.165, 1.54) is 18.6 Å². The van der Waals surface area contributed by atoms with Gasteiger partial charge in [-0.25, -0.2) is 27.9 Å². The fraction of sp³-hybridized carbons (Fsp3) is 0.250. The summed E-state index contributed by atoms with van der Waals surface area (Å²) < 4.78 is 31.1. The van der Waals surface area contributed by atoms with Crippen LogP contribution in [0.25, 0.3) is 0 Å². The number of hydrogen-bond acceptors (Lipinski definition) is 8. The summed E-state index contributed by atoms with van der Waals surface area (Å²) >= 11 is 1.02. The number of carbonyl (C=O) groups is 1.